The van der Waals surface area contributed by atoms with E-state index in [-0.39, 0.29) is 22.9 Å². The van der Waals surface area contributed by atoms with Gasteiger partial charge in [0.1, 0.15) is 17.8 Å². The molecule has 1 amide bonds. The number of para-hydroxylation sites is 2. The number of allylic oxidation sites excluding steroid dienone is 1. The highest BCUT2D eigenvalue weighted by molar-refractivity contribution is 8.00. The molecule has 0 unspecified atom stereocenters. The Labute approximate surface area is 205 Å². The van der Waals surface area contributed by atoms with Crippen LogP contribution in [0.3, 0.4) is 0 Å². The monoisotopic (exact) mass is 498 g/mol. The van der Waals surface area contributed by atoms with Crippen LogP contribution in [0.5, 0.6) is 11.5 Å². The number of hydrogen-bond donors (Lipinski definition) is 0. The van der Waals surface area contributed by atoms with E-state index in [9.17, 15) is 9.18 Å². The summed E-state index contributed by atoms with van der Waals surface area (Å²) < 4.78 is 28.1. The number of amides is 1. The summed E-state index contributed by atoms with van der Waals surface area (Å²) in [6, 6.07) is 14.1. The van der Waals surface area contributed by atoms with Crippen LogP contribution < -0.4 is 9.47 Å². The quantitative estimate of drug-likeness (QED) is 0.351. The predicted octanol–water partition coefficient (Wildman–Crippen LogP) is 4.48. The van der Waals surface area contributed by atoms with Crippen molar-refractivity contribution in [1.29, 1.82) is 0 Å². The molecule has 5 rings (SSSR count). The zero-order chi connectivity index (χ0) is 23.5. The number of nitrogens with zero attached hydrogens (tertiary/aromatic N) is 4. The summed E-state index contributed by atoms with van der Waals surface area (Å²) in [6.45, 7) is 5.20. The van der Waals surface area contributed by atoms with Crippen LogP contribution in [0.2, 0.25) is 0 Å². The van der Waals surface area contributed by atoms with Crippen LogP contribution in [-0.4, -0.2) is 50.2 Å². The Kier molecular flexibility index (Phi) is 6.77. The maximum Gasteiger partial charge on any atom is 0.234 e. The van der Waals surface area contributed by atoms with Crippen molar-refractivity contribution >= 4 is 29.4 Å². The Morgan fingerprint density at radius 3 is 2.82 bits per heavy atom. The molecule has 7 nitrogen and oxygen atoms in total. The van der Waals surface area contributed by atoms with Gasteiger partial charge in [-0.1, -0.05) is 48.2 Å². The molecule has 2 aliphatic rings. The van der Waals surface area contributed by atoms with Crippen molar-refractivity contribution in [3.63, 3.8) is 0 Å². The van der Waals surface area contributed by atoms with E-state index in [1.54, 1.807) is 40.9 Å². The van der Waals surface area contributed by atoms with Gasteiger partial charge >= 0.3 is 0 Å². The van der Waals surface area contributed by atoms with Gasteiger partial charge in [-0.3, -0.25) is 9.36 Å². The van der Waals surface area contributed by atoms with Gasteiger partial charge in [0.05, 0.1) is 5.75 Å². The standard InChI is InChI=1S/C24H23FN4O3S2/c1-2-11-29-22(20-14-31-18-9-5-6-10-19(18)32-20)26-27-24(29)34-15-21(30)28-12-13-33-23(28)16-7-3-4-8-17(16)25/h2-10,20,23H,1,11-15H2/t20-,23+/m0/s1. The van der Waals surface area contributed by atoms with Crippen molar-refractivity contribution in [2.75, 3.05) is 24.7 Å². The number of fused-ring (bicyclic) bond motifs is 1. The fourth-order valence-corrected chi connectivity index (χ4v) is 6.10. The molecule has 10 heteroatoms. The highest BCUT2D eigenvalue weighted by atomic mass is 32.2. The zero-order valence-electron chi connectivity index (χ0n) is 18.3. The predicted molar refractivity (Wildman–Crippen MR) is 130 cm³/mol. The van der Waals surface area contributed by atoms with Crippen molar-refractivity contribution in [3.05, 3.63) is 78.4 Å². The molecule has 1 aromatic heterocycles. The second-order valence-corrected chi connectivity index (χ2v) is 9.86. The number of aromatic nitrogens is 3. The molecule has 1 saturated heterocycles. The first-order valence-electron chi connectivity index (χ1n) is 10.9. The summed E-state index contributed by atoms with van der Waals surface area (Å²) in [5.41, 5.74) is 0.537. The molecule has 34 heavy (non-hydrogen) atoms. The Morgan fingerprint density at radius 1 is 1.21 bits per heavy atom. The lowest BCUT2D eigenvalue weighted by Gasteiger charge is -2.26. The molecule has 2 aliphatic heterocycles. The smallest absolute Gasteiger partial charge is 0.234 e. The van der Waals surface area contributed by atoms with Crippen LogP contribution in [0, 0.1) is 5.82 Å². The lowest BCUT2D eigenvalue weighted by molar-refractivity contribution is -0.128. The lowest BCUT2D eigenvalue weighted by atomic mass is 10.2. The maximum atomic E-state index is 14.3. The third kappa shape index (κ3) is 4.52. The minimum absolute atomic E-state index is 0.0656. The molecule has 0 N–H and O–H groups in total. The van der Waals surface area contributed by atoms with Crippen LogP contribution in [0.15, 0.2) is 66.3 Å². The number of rotatable bonds is 7. The molecule has 3 aromatic rings. The molecule has 3 heterocycles. The van der Waals surface area contributed by atoms with Crippen molar-refractivity contribution < 1.29 is 18.7 Å². The molecule has 0 aliphatic carbocycles. The third-order valence-electron chi connectivity index (χ3n) is 5.56. The van der Waals surface area contributed by atoms with E-state index in [2.05, 4.69) is 16.8 Å². The molecule has 1 fully saturated rings. The van der Waals surface area contributed by atoms with Gasteiger partial charge in [0.25, 0.3) is 0 Å². The van der Waals surface area contributed by atoms with Crippen LogP contribution in [0.4, 0.5) is 4.39 Å². The summed E-state index contributed by atoms with van der Waals surface area (Å²) in [5, 5.41) is 8.94. The van der Waals surface area contributed by atoms with E-state index in [1.807, 2.05) is 28.8 Å². The third-order valence-corrected chi connectivity index (χ3v) is 7.76. The van der Waals surface area contributed by atoms with Gasteiger partial charge in [-0.15, -0.1) is 28.5 Å². The second kappa shape index (κ2) is 10.1. The number of carbonyl (C=O) groups is 1. The summed E-state index contributed by atoms with van der Waals surface area (Å²) >= 11 is 2.88. The first kappa shape index (κ1) is 22.8. The molecule has 0 radical (unpaired) electrons. The highest BCUT2D eigenvalue weighted by Crippen LogP contribution is 2.40. The minimum Gasteiger partial charge on any atom is -0.485 e. The van der Waals surface area contributed by atoms with Gasteiger partial charge in [-0.25, -0.2) is 4.39 Å². The highest BCUT2D eigenvalue weighted by Gasteiger charge is 2.33. The molecule has 2 atom stereocenters. The topological polar surface area (TPSA) is 69.5 Å². The van der Waals surface area contributed by atoms with Gasteiger partial charge in [0.2, 0.25) is 5.91 Å². The number of carbonyl (C=O) groups excluding carboxylic acids is 1. The number of hydrogen-bond acceptors (Lipinski definition) is 7. The van der Waals surface area contributed by atoms with Crippen molar-refractivity contribution in [2.24, 2.45) is 0 Å². The van der Waals surface area contributed by atoms with Crippen LogP contribution >= 0.6 is 23.5 Å². The molecule has 176 valence electrons. The van der Waals surface area contributed by atoms with E-state index in [0.717, 1.165) is 5.75 Å². The lowest BCUT2D eigenvalue weighted by Crippen LogP contribution is -2.32. The van der Waals surface area contributed by atoms with Gasteiger partial charge in [-0.2, -0.15) is 0 Å². The van der Waals surface area contributed by atoms with E-state index in [0.29, 0.717) is 47.7 Å². The Bertz CT molecular complexity index is 1200. The Hall–Kier alpha value is -2.98. The first-order chi connectivity index (χ1) is 16.7. The Balaban J connectivity index is 1.29. The van der Waals surface area contributed by atoms with Crippen LogP contribution in [0.25, 0.3) is 0 Å². The van der Waals surface area contributed by atoms with Crippen LogP contribution in [-0.2, 0) is 11.3 Å². The van der Waals surface area contributed by atoms with Crippen molar-refractivity contribution in [1.82, 2.24) is 19.7 Å². The fourth-order valence-electron chi connectivity index (χ4n) is 3.96. The molecule has 0 spiro atoms. The number of ether oxygens (including phenoxy) is 2. The summed E-state index contributed by atoms with van der Waals surface area (Å²) in [4.78, 5) is 14.8. The van der Waals surface area contributed by atoms with Gasteiger partial charge in [0, 0.05) is 24.4 Å². The largest absolute Gasteiger partial charge is 0.485 e. The summed E-state index contributed by atoms with van der Waals surface area (Å²) in [5.74, 6) is 2.55. The summed E-state index contributed by atoms with van der Waals surface area (Å²) in [6.07, 6.45) is 1.33. The number of halogens is 1. The molecule has 2 aromatic carbocycles. The minimum atomic E-state index is -0.423. The average Bonchev–Trinajstić information content (AvgIpc) is 3.50. The number of benzene rings is 2. The molecule has 0 bridgehead atoms. The molecular formula is C24H23FN4O3S2. The zero-order valence-corrected chi connectivity index (χ0v) is 19.9. The molecular weight excluding hydrogens is 475 g/mol. The van der Waals surface area contributed by atoms with Crippen LogP contribution in [0.1, 0.15) is 22.9 Å². The van der Waals surface area contributed by atoms with Gasteiger partial charge < -0.3 is 14.4 Å². The normalized spacial score (nSPS) is 19.3. The van der Waals surface area contributed by atoms with E-state index >= 15 is 0 Å². The van der Waals surface area contributed by atoms with E-state index < -0.39 is 6.10 Å². The van der Waals surface area contributed by atoms with E-state index in [4.69, 9.17) is 9.47 Å². The second-order valence-electron chi connectivity index (χ2n) is 7.72. The SMILES string of the molecule is C=CCn1c(SCC(=O)N2CCS[C@@H]2c2ccccc2F)nnc1[C@@H]1COc2ccccc2O1. The van der Waals surface area contributed by atoms with Crippen molar-refractivity contribution in [2.45, 2.75) is 23.2 Å². The molecule has 0 saturated carbocycles. The van der Waals surface area contributed by atoms with Crippen molar-refractivity contribution in [3.8, 4) is 11.5 Å². The Morgan fingerprint density at radius 2 is 2.00 bits per heavy atom. The number of thioether (sulfide) groups is 2. The van der Waals surface area contributed by atoms with E-state index in [1.165, 1.54) is 17.8 Å². The van der Waals surface area contributed by atoms with Gasteiger partial charge in [-0.05, 0) is 18.2 Å². The first-order valence-corrected chi connectivity index (χ1v) is 12.9. The van der Waals surface area contributed by atoms with Gasteiger partial charge in [0.15, 0.2) is 28.6 Å². The maximum absolute atomic E-state index is 14.3. The average molecular weight is 499 g/mol. The fraction of sp³-hybridized carbons (Fsp3) is 0.292. The summed E-state index contributed by atoms with van der Waals surface area (Å²) in [7, 11) is 0.